The van der Waals surface area contributed by atoms with Crippen molar-refractivity contribution < 1.29 is 4.92 Å². The molecule has 1 rings (SSSR count). The van der Waals surface area contributed by atoms with Crippen LogP contribution >= 0.6 is 0 Å². The number of aromatic nitrogens is 2. The molecule has 0 radical (unpaired) electrons. The van der Waals surface area contributed by atoms with Gasteiger partial charge in [-0.1, -0.05) is 13.8 Å². The standard InChI is InChI=1S/C11H19N5O2/c1-5-12-11-13-6-9(16(17)18)10(14-11)15(4)7-8(2)3/h6,8H,5,7H2,1-4H3,(H,12,13,14). The number of nitrogens with one attached hydrogen (secondary N) is 1. The predicted octanol–water partition coefficient (Wildman–Crippen LogP) is 1.91. The molecule has 0 unspecified atom stereocenters. The van der Waals surface area contributed by atoms with Crippen LogP contribution in [0.1, 0.15) is 20.8 Å². The average Bonchev–Trinajstić information content (AvgIpc) is 2.28. The minimum atomic E-state index is -0.456. The van der Waals surface area contributed by atoms with Crippen LogP contribution in [0.25, 0.3) is 0 Å². The van der Waals surface area contributed by atoms with Gasteiger partial charge in [0.1, 0.15) is 6.20 Å². The monoisotopic (exact) mass is 253 g/mol. The van der Waals surface area contributed by atoms with Gasteiger partial charge >= 0.3 is 5.69 Å². The van der Waals surface area contributed by atoms with E-state index in [0.29, 0.717) is 30.8 Å². The van der Waals surface area contributed by atoms with Gasteiger partial charge in [-0.3, -0.25) is 10.1 Å². The summed E-state index contributed by atoms with van der Waals surface area (Å²) < 4.78 is 0. The van der Waals surface area contributed by atoms with E-state index in [1.54, 1.807) is 11.9 Å². The molecule has 0 atom stereocenters. The molecule has 0 bridgehead atoms. The summed E-state index contributed by atoms with van der Waals surface area (Å²) in [6.07, 6.45) is 1.25. The zero-order valence-corrected chi connectivity index (χ0v) is 11.2. The fourth-order valence-corrected chi connectivity index (χ4v) is 1.65. The molecule has 1 aromatic rings. The molecule has 7 heteroatoms. The lowest BCUT2D eigenvalue weighted by Crippen LogP contribution is -2.25. The largest absolute Gasteiger partial charge is 0.354 e. The maximum absolute atomic E-state index is 11.0. The quantitative estimate of drug-likeness (QED) is 0.615. The number of anilines is 2. The van der Waals surface area contributed by atoms with Gasteiger partial charge in [0, 0.05) is 20.1 Å². The van der Waals surface area contributed by atoms with Gasteiger partial charge in [0.2, 0.25) is 11.8 Å². The van der Waals surface area contributed by atoms with Gasteiger partial charge in [0.25, 0.3) is 0 Å². The van der Waals surface area contributed by atoms with Gasteiger partial charge in [0.05, 0.1) is 4.92 Å². The first-order valence-electron chi connectivity index (χ1n) is 5.92. The lowest BCUT2D eigenvalue weighted by atomic mass is 10.2. The molecule has 0 aliphatic rings. The maximum atomic E-state index is 11.0. The Morgan fingerprint density at radius 2 is 2.22 bits per heavy atom. The molecule has 0 aliphatic heterocycles. The molecule has 0 saturated heterocycles. The van der Waals surface area contributed by atoms with Gasteiger partial charge < -0.3 is 10.2 Å². The lowest BCUT2D eigenvalue weighted by Gasteiger charge is -2.20. The van der Waals surface area contributed by atoms with Crippen LogP contribution in [-0.4, -0.2) is 35.0 Å². The molecule has 0 aromatic carbocycles. The van der Waals surface area contributed by atoms with Crippen molar-refractivity contribution in [2.45, 2.75) is 20.8 Å². The smallest absolute Gasteiger partial charge is 0.329 e. The highest BCUT2D eigenvalue weighted by molar-refractivity contribution is 5.58. The summed E-state index contributed by atoms with van der Waals surface area (Å²) in [6, 6.07) is 0. The van der Waals surface area contributed by atoms with E-state index in [0.717, 1.165) is 0 Å². The normalized spacial score (nSPS) is 10.5. The first kappa shape index (κ1) is 14.1. The van der Waals surface area contributed by atoms with Crippen molar-refractivity contribution in [2.24, 2.45) is 5.92 Å². The molecule has 18 heavy (non-hydrogen) atoms. The Morgan fingerprint density at radius 3 is 2.72 bits per heavy atom. The van der Waals surface area contributed by atoms with Crippen LogP contribution in [0.3, 0.4) is 0 Å². The Labute approximate surface area is 106 Å². The van der Waals surface area contributed by atoms with Crippen molar-refractivity contribution in [1.82, 2.24) is 9.97 Å². The van der Waals surface area contributed by atoms with Gasteiger partial charge in [-0.25, -0.2) is 4.98 Å². The molecule has 0 fully saturated rings. The van der Waals surface area contributed by atoms with E-state index in [2.05, 4.69) is 29.1 Å². The zero-order chi connectivity index (χ0) is 13.7. The highest BCUT2D eigenvalue weighted by Gasteiger charge is 2.21. The highest BCUT2D eigenvalue weighted by Crippen LogP contribution is 2.25. The van der Waals surface area contributed by atoms with Crippen molar-refractivity contribution in [2.75, 3.05) is 30.4 Å². The van der Waals surface area contributed by atoms with Crippen molar-refractivity contribution >= 4 is 17.5 Å². The Bertz CT molecular complexity index is 422. The third-order valence-electron chi connectivity index (χ3n) is 2.28. The Balaban J connectivity index is 3.10. The predicted molar refractivity (Wildman–Crippen MR) is 71.0 cm³/mol. The molecule has 0 saturated carbocycles. The first-order chi connectivity index (χ1) is 8.45. The second-order valence-electron chi connectivity index (χ2n) is 4.46. The number of hydrogen-bond acceptors (Lipinski definition) is 6. The molecule has 0 aliphatic carbocycles. The molecule has 1 heterocycles. The summed E-state index contributed by atoms with van der Waals surface area (Å²) in [5.41, 5.74) is -0.0696. The van der Waals surface area contributed by atoms with Crippen molar-refractivity contribution in [1.29, 1.82) is 0 Å². The Hall–Kier alpha value is -1.92. The lowest BCUT2D eigenvalue weighted by molar-refractivity contribution is -0.384. The van der Waals surface area contributed by atoms with Gasteiger partial charge in [-0.05, 0) is 12.8 Å². The minimum absolute atomic E-state index is 0.0696. The summed E-state index contributed by atoms with van der Waals surface area (Å²) in [4.78, 5) is 20.4. The number of rotatable bonds is 6. The van der Waals surface area contributed by atoms with Crippen molar-refractivity contribution in [3.63, 3.8) is 0 Å². The zero-order valence-electron chi connectivity index (χ0n) is 11.2. The van der Waals surface area contributed by atoms with Crippen LogP contribution in [0.15, 0.2) is 6.20 Å². The number of nitro groups is 1. The summed E-state index contributed by atoms with van der Waals surface area (Å²) in [6.45, 7) is 7.39. The topological polar surface area (TPSA) is 84.2 Å². The minimum Gasteiger partial charge on any atom is -0.354 e. The molecule has 100 valence electrons. The fraction of sp³-hybridized carbons (Fsp3) is 0.636. The van der Waals surface area contributed by atoms with Crippen LogP contribution in [0, 0.1) is 16.0 Å². The van der Waals surface area contributed by atoms with Crippen molar-refractivity contribution in [3.05, 3.63) is 16.3 Å². The second kappa shape index (κ2) is 6.13. The second-order valence-corrected chi connectivity index (χ2v) is 4.46. The molecule has 1 aromatic heterocycles. The third kappa shape index (κ3) is 3.54. The third-order valence-corrected chi connectivity index (χ3v) is 2.28. The van der Waals surface area contributed by atoms with Crippen molar-refractivity contribution in [3.8, 4) is 0 Å². The maximum Gasteiger partial charge on any atom is 0.329 e. The fourth-order valence-electron chi connectivity index (χ4n) is 1.65. The average molecular weight is 253 g/mol. The van der Waals surface area contributed by atoms with E-state index >= 15 is 0 Å². The van der Waals surface area contributed by atoms with Crippen LogP contribution in [0.2, 0.25) is 0 Å². The number of hydrogen-bond donors (Lipinski definition) is 1. The van der Waals surface area contributed by atoms with Crippen LogP contribution in [-0.2, 0) is 0 Å². The van der Waals surface area contributed by atoms with E-state index in [1.165, 1.54) is 6.20 Å². The van der Waals surface area contributed by atoms with Gasteiger partial charge in [-0.2, -0.15) is 4.98 Å². The molecular weight excluding hydrogens is 234 g/mol. The summed E-state index contributed by atoms with van der Waals surface area (Å²) >= 11 is 0. The summed E-state index contributed by atoms with van der Waals surface area (Å²) in [5, 5.41) is 13.9. The van der Waals surface area contributed by atoms with E-state index < -0.39 is 4.92 Å². The SMILES string of the molecule is CCNc1ncc([N+](=O)[O-])c(N(C)CC(C)C)n1. The molecule has 0 spiro atoms. The summed E-state index contributed by atoms with van der Waals surface area (Å²) in [7, 11) is 1.80. The molecule has 7 nitrogen and oxygen atoms in total. The summed E-state index contributed by atoms with van der Waals surface area (Å²) in [5.74, 6) is 1.15. The van der Waals surface area contributed by atoms with E-state index in [9.17, 15) is 10.1 Å². The van der Waals surface area contributed by atoms with Gasteiger partial charge in [-0.15, -0.1) is 0 Å². The van der Waals surface area contributed by atoms with Crippen LogP contribution in [0.5, 0.6) is 0 Å². The molecular formula is C11H19N5O2. The number of nitrogens with zero attached hydrogens (tertiary/aromatic N) is 4. The Kier molecular flexibility index (Phi) is 4.82. The molecule has 1 N–H and O–H groups in total. The van der Waals surface area contributed by atoms with E-state index in [4.69, 9.17) is 0 Å². The first-order valence-corrected chi connectivity index (χ1v) is 5.92. The Morgan fingerprint density at radius 1 is 1.56 bits per heavy atom. The van der Waals surface area contributed by atoms with Gasteiger partial charge in [0.15, 0.2) is 0 Å². The highest BCUT2D eigenvalue weighted by atomic mass is 16.6. The van der Waals surface area contributed by atoms with Crippen LogP contribution < -0.4 is 10.2 Å². The van der Waals surface area contributed by atoms with E-state index in [1.807, 2.05) is 6.92 Å². The molecule has 0 amide bonds. The van der Waals surface area contributed by atoms with Crippen LogP contribution in [0.4, 0.5) is 17.5 Å². The van der Waals surface area contributed by atoms with E-state index in [-0.39, 0.29) is 5.69 Å².